The van der Waals surface area contributed by atoms with E-state index in [1.54, 1.807) is 12.1 Å². The van der Waals surface area contributed by atoms with E-state index in [0.717, 1.165) is 38.8 Å². The van der Waals surface area contributed by atoms with Gasteiger partial charge in [-0.15, -0.1) is 0 Å². The molecule has 1 saturated carbocycles. The maximum atomic E-state index is 17.1. The van der Waals surface area contributed by atoms with Crippen LogP contribution in [0.25, 0.3) is 32.9 Å². The van der Waals surface area contributed by atoms with Crippen LogP contribution in [0.2, 0.25) is 0 Å². The topological polar surface area (TPSA) is 116 Å². The molecule has 2 bridgehead atoms. The third-order valence-electron chi connectivity index (χ3n) is 11.1. The number of piperazine rings is 1. The Labute approximate surface area is 276 Å². The van der Waals surface area contributed by atoms with Crippen LogP contribution in [0, 0.1) is 17.0 Å². The van der Waals surface area contributed by atoms with Crippen molar-refractivity contribution in [1.82, 2.24) is 25.2 Å². The Bertz CT molecular complexity index is 1990. The number of phenolic OH excluding ortho intramolecular Hbond substituents is 1. The molecular formula is C36H38F2N6O4. The molecule has 10 nitrogen and oxygen atoms in total. The second-order valence-electron chi connectivity index (χ2n) is 14.1. The molecule has 4 atom stereocenters. The Morgan fingerprint density at radius 2 is 2.00 bits per heavy atom. The third-order valence-corrected chi connectivity index (χ3v) is 11.1. The van der Waals surface area contributed by atoms with E-state index in [4.69, 9.17) is 19.4 Å². The summed E-state index contributed by atoms with van der Waals surface area (Å²) in [6.45, 7) is 4.83. The van der Waals surface area contributed by atoms with Gasteiger partial charge in [0.15, 0.2) is 5.82 Å². The number of ether oxygens (including phenoxy) is 2. The van der Waals surface area contributed by atoms with Crippen molar-refractivity contribution < 1.29 is 28.5 Å². The first-order chi connectivity index (χ1) is 23.3. The second kappa shape index (κ2) is 11.2. The van der Waals surface area contributed by atoms with Crippen LogP contribution in [0.1, 0.15) is 38.2 Å². The van der Waals surface area contributed by atoms with Crippen molar-refractivity contribution in [1.29, 1.82) is 0 Å². The van der Waals surface area contributed by atoms with Crippen LogP contribution in [0.15, 0.2) is 36.4 Å². The van der Waals surface area contributed by atoms with Crippen LogP contribution < -0.4 is 19.7 Å². The van der Waals surface area contributed by atoms with Crippen molar-refractivity contribution in [3.63, 3.8) is 0 Å². The van der Waals surface area contributed by atoms with E-state index in [-0.39, 0.29) is 70.6 Å². The Kier molecular flexibility index (Phi) is 7.00. The monoisotopic (exact) mass is 656 g/mol. The van der Waals surface area contributed by atoms with Crippen molar-refractivity contribution in [3.8, 4) is 28.9 Å². The second-order valence-corrected chi connectivity index (χ2v) is 14.1. The molecule has 4 aliphatic heterocycles. The first kappa shape index (κ1) is 30.0. The number of benzene rings is 2. The van der Waals surface area contributed by atoms with Crippen LogP contribution in [-0.4, -0.2) is 93.7 Å². The highest BCUT2D eigenvalue weighted by Crippen LogP contribution is 2.48. The molecule has 5 aliphatic rings. The summed E-state index contributed by atoms with van der Waals surface area (Å²) in [5.74, 6) is -0.461. The molecule has 0 radical (unpaired) electrons. The molecule has 2 saturated heterocycles. The molecule has 48 heavy (non-hydrogen) atoms. The molecule has 4 aromatic rings. The first-order valence-corrected chi connectivity index (χ1v) is 17.0. The average molecular weight is 657 g/mol. The minimum Gasteiger partial charge on any atom is -0.508 e. The van der Waals surface area contributed by atoms with Gasteiger partial charge in [-0.25, -0.2) is 13.8 Å². The number of aromatic hydroxyl groups is 1. The van der Waals surface area contributed by atoms with Crippen molar-refractivity contribution >= 4 is 27.5 Å². The van der Waals surface area contributed by atoms with Crippen LogP contribution in [-0.2, 0) is 6.42 Å². The van der Waals surface area contributed by atoms with Gasteiger partial charge >= 0.3 is 6.01 Å². The number of pyridine rings is 1. The molecule has 9 rings (SSSR count). The van der Waals surface area contributed by atoms with E-state index in [9.17, 15) is 10.2 Å². The molecule has 250 valence electrons. The normalized spacial score (nSPS) is 25.4. The molecule has 12 heteroatoms. The number of anilines is 1. The summed E-state index contributed by atoms with van der Waals surface area (Å²) < 4.78 is 45.0. The molecule has 0 spiro atoms. The highest BCUT2D eigenvalue weighted by molar-refractivity contribution is 6.03. The molecular weight excluding hydrogens is 618 g/mol. The lowest BCUT2D eigenvalue weighted by Gasteiger charge is -2.40. The number of aromatic nitrogens is 3. The van der Waals surface area contributed by atoms with Crippen molar-refractivity contribution in [2.24, 2.45) is 5.41 Å². The van der Waals surface area contributed by atoms with Crippen LogP contribution in [0.4, 0.5) is 14.6 Å². The Morgan fingerprint density at radius 3 is 2.81 bits per heavy atom. The van der Waals surface area contributed by atoms with Gasteiger partial charge in [-0.3, -0.25) is 4.90 Å². The predicted octanol–water partition coefficient (Wildman–Crippen LogP) is 4.48. The number of aryl methyl sites for hydroxylation is 1. The van der Waals surface area contributed by atoms with Gasteiger partial charge in [-0.05, 0) is 66.6 Å². The van der Waals surface area contributed by atoms with Crippen molar-refractivity contribution in [2.45, 2.75) is 63.2 Å². The number of aliphatic hydroxyl groups excluding tert-OH is 1. The summed E-state index contributed by atoms with van der Waals surface area (Å²) in [7, 11) is 0. The van der Waals surface area contributed by atoms with Crippen LogP contribution >= 0.6 is 0 Å². The number of phenols is 1. The summed E-state index contributed by atoms with van der Waals surface area (Å²) in [6, 6.07) is 6.42. The molecule has 3 N–H and O–H groups in total. The SMILES string of the molecule is CCc1c(F)ccc2cc(O)cc(-c3nc4c5c(nc(OCC6(CN7CC=C[C@H]7CO)CC6)nc5c3F)N3C[C@H]5CC[C@H](N5)[C@@H]3CO4)c12. The number of hydrogen-bond donors (Lipinski definition) is 3. The first-order valence-electron chi connectivity index (χ1n) is 17.0. The third kappa shape index (κ3) is 4.79. The summed E-state index contributed by atoms with van der Waals surface area (Å²) in [4.78, 5) is 18.8. The molecule has 1 aliphatic carbocycles. The maximum Gasteiger partial charge on any atom is 0.319 e. The van der Waals surface area contributed by atoms with E-state index >= 15 is 8.78 Å². The van der Waals surface area contributed by atoms with Gasteiger partial charge in [-0.2, -0.15) is 9.97 Å². The number of halogens is 2. The quantitative estimate of drug-likeness (QED) is 0.235. The fraction of sp³-hybridized carbons (Fsp3) is 0.472. The number of aliphatic hydroxyl groups is 1. The van der Waals surface area contributed by atoms with E-state index in [2.05, 4.69) is 26.2 Å². The van der Waals surface area contributed by atoms with E-state index < -0.39 is 11.6 Å². The summed E-state index contributed by atoms with van der Waals surface area (Å²) in [5.41, 5.74) is 0.513. The van der Waals surface area contributed by atoms with Crippen LogP contribution in [0.5, 0.6) is 17.6 Å². The van der Waals surface area contributed by atoms with Crippen molar-refractivity contribution in [3.05, 3.63) is 53.6 Å². The average Bonchev–Trinajstić information content (AvgIpc) is 3.58. The van der Waals surface area contributed by atoms with Gasteiger partial charge in [0.2, 0.25) is 5.88 Å². The molecule has 0 unspecified atom stereocenters. The van der Waals surface area contributed by atoms with Gasteiger partial charge in [0.25, 0.3) is 0 Å². The predicted molar refractivity (Wildman–Crippen MR) is 177 cm³/mol. The number of nitrogens with one attached hydrogen (secondary N) is 1. The van der Waals surface area contributed by atoms with Gasteiger partial charge < -0.3 is 29.9 Å². The lowest BCUT2D eigenvalue weighted by molar-refractivity contribution is 0.123. The fourth-order valence-electron chi connectivity index (χ4n) is 8.33. The maximum absolute atomic E-state index is 17.1. The Morgan fingerprint density at radius 1 is 1.12 bits per heavy atom. The van der Waals surface area contributed by atoms with Gasteiger partial charge in [-0.1, -0.05) is 25.1 Å². The zero-order valence-corrected chi connectivity index (χ0v) is 26.8. The molecule has 2 aromatic heterocycles. The summed E-state index contributed by atoms with van der Waals surface area (Å²) in [6.07, 6.45) is 8.48. The number of nitrogens with zero attached hydrogens (tertiary/aromatic N) is 5. The van der Waals surface area contributed by atoms with E-state index in [1.807, 2.05) is 13.0 Å². The van der Waals surface area contributed by atoms with Gasteiger partial charge in [0.05, 0.1) is 25.3 Å². The lowest BCUT2D eigenvalue weighted by atomic mass is 9.94. The standard InChI is InChI=1S/C36H38F2N6O4/c1-2-23-25(37)7-5-19-12-22(46)13-24(28(19)23)31-30(38)32-29-33(44-14-20-6-8-26(39-20)27(44)16-47-34(29)40-31)42-35(41-32)48-18-36(9-10-36)17-43-11-3-4-21(43)15-45/h3-5,7,12-13,20-21,26-27,39,45-46H,2,6,8-11,14-18H2,1H3/t20-,21+,26+,27+/m1/s1. The van der Waals surface area contributed by atoms with Gasteiger partial charge in [0.1, 0.15) is 40.6 Å². The Hall–Kier alpha value is -4.13. The Balaban J connectivity index is 1.18. The molecule has 0 amide bonds. The molecule has 3 fully saturated rings. The molecule has 6 heterocycles. The zero-order valence-electron chi connectivity index (χ0n) is 26.8. The zero-order chi connectivity index (χ0) is 32.7. The van der Waals surface area contributed by atoms with E-state index in [1.165, 1.54) is 12.1 Å². The summed E-state index contributed by atoms with van der Waals surface area (Å²) >= 11 is 0. The van der Waals surface area contributed by atoms with Crippen molar-refractivity contribution in [2.75, 3.05) is 44.4 Å². The van der Waals surface area contributed by atoms with Gasteiger partial charge in [0, 0.05) is 42.7 Å². The number of fused-ring (bicyclic) bond motifs is 6. The molecule has 2 aromatic carbocycles. The highest BCUT2D eigenvalue weighted by atomic mass is 19.1. The summed E-state index contributed by atoms with van der Waals surface area (Å²) in [5, 5.41) is 25.7. The minimum atomic E-state index is -0.712. The van der Waals surface area contributed by atoms with E-state index in [0.29, 0.717) is 53.7 Å². The lowest BCUT2D eigenvalue weighted by Crippen LogP contribution is -2.60. The van der Waals surface area contributed by atoms with Crippen LogP contribution in [0.3, 0.4) is 0 Å². The fourth-order valence-corrected chi connectivity index (χ4v) is 8.33. The minimum absolute atomic E-state index is 0.00117. The highest BCUT2D eigenvalue weighted by Gasteiger charge is 2.47. The number of rotatable bonds is 8. The largest absolute Gasteiger partial charge is 0.508 e. The number of hydrogen-bond acceptors (Lipinski definition) is 10. The smallest absolute Gasteiger partial charge is 0.319 e.